The number of rotatable bonds is 5. The molecule has 0 bridgehead atoms. The second-order valence-electron chi connectivity index (χ2n) is 7.81. The SMILES string of the molecule is CC(C)(C)OC(=O)N1CCN(c2cnn(Cc3cccc(NC=O)c3)c2)CC1. The van der Waals surface area contributed by atoms with Crippen LogP contribution >= 0.6 is 0 Å². The minimum absolute atomic E-state index is 0.258. The van der Waals surface area contributed by atoms with Gasteiger partial charge in [-0.3, -0.25) is 9.48 Å². The number of aromatic nitrogens is 2. The zero-order valence-electron chi connectivity index (χ0n) is 16.6. The van der Waals surface area contributed by atoms with Gasteiger partial charge in [0.15, 0.2) is 0 Å². The average Bonchev–Trinajstić information content (AvgIpc) is 3.09. The summed E-state index contributed by atoms with van der Waals surface area (Å²) in [6, 6.07) is 7.67. The Morgan fingerprint density at radius 1 is 1.25 bits per heavy atom. The van der Waals surface area contributed by atoms with Crippen LogP contribution in [-0.4, -0.2) is 59.0 Å². The predicted molar refractivity (Wildman–Crippen MR) is 107 cm³/mol. The number of nitrogens with one attached hydrogen (secondary N) is 1. The number of anilines is 2. The number of carbonyl (C=O) groups excluding carboxylic acids is 2. The molecule has 1 saturated heterocycles. The summed E-state index contributed by atoms with van der Waals surface area (Å²) in [5, 5.41) is 7.10. The molecule has 8 heteroatoms. The summed E-state index contributed by atoms with van der Waals surface area (Å²) in [6.07, 6.45) is 4.26. The minimum Gasteiger partial charge on any atom is -0.444 e. The van der Waals surface area contributed by atoms with Crippen molar-refractivity contribution in [2.45, 2.75) is 32.9 Å². The Balaban J connectivity index is 1.56. The van der Waals surface area contributed by atoms with Crippen molar-refractivity contribution in [2.75, 3.05) is 36.4 Å². The van der Waals surface area contributed by atoms with Crippen LogP contribution < -0.4 is 10.2 Å². The number of hydrogen-bond acceptors (Lipinski definition) is 5. The van der Waals surface area contributed by atoms with Gasteiger partial charge < -0.3 is 19.9 Å². The van der Waals surface area contributed by atoms with Crippen LogP contribution in [0.25, 0.3) is 0 Å². The summed E-state index contributed by atoms with van der Waals surface area (Å²) in [4.78, 5) is 26.7. The summed E-state index contributed by atoms with van der Waals surface area (Å²) in [5.74, 6) is 0. The van der Waals surface area contributed by atoms with Gasteiger partial charge >= 0.3 is 6.09 Å². The molecule has 150 valence electrons. The number of nitrogens with zero attached hydrogens (tertiary/aromatic N) is 4. The van der Waals surface area contributed by atoms with Crippen molar-refractivity contribution >= 4 is 23.9 Å². The molecule has 1 aliphatic heterocycles. The monoisotopic (exact) mass is 385 g/mol. The standard InChI is InChI=1S/C20H27N5O3/c1-20(2,3)28-19(27)24-9-7-23(8-10-24)18-12-22-25(14-18)13-16-5-4-6-17(11-16)21-15-26/h4-6,11-12,14-15H,7-10,13H2,1-3H3,(H,21,26). The lowest BCUT2D eigenvalue weighted by atomic mass is 10.2. The molecule has 0 radical (unpaired) electrons. The van der Waals surface area contributed by atoms with E-state index in [4.69, 9.17) is 4.74 Å². The van der Waals surface area contributed by atoms with E-state index in [0.717, 1.165) is 30.0 Å². The maximum absolute atomic E-state index is 12.2. The van der Waals surface area contributed by atoms with Crippen molar-refractivity contribution < 1.29 is 14.3 Å². The first-order valence-electron chi connectivity index (χ1n) is 9.38. The average molecular weight is 385 g/mol. The minimum atomic E-state index is -0.478. The molecule has 2 aromatic rings. The fourth-order valence-electron chi connectivity index (χ4n) is 3.09. The number of piperazine rings is 1. The zero-order chi connectivity index (χ0) is 20.1. The second kappa shape index (κ2) is 8.33. The van der Waals surface area contributed by atoms with Gasteiger partial charge in [0.25, 0.3) is 0 Å². The summed E-state index contributed by atoms with van der Waals surface area (Å²) >= 11 is 0. The van der Waals surface area contributed by atoms with Gasteiger partial charge in [0.05, 0.1) is 18.4 Å². The Morgan fingerprint density at radius 2 is 2.00 bits per heavy atom. The molecule has 1 fully saturated rings. The van der Waals surface area contributed by atoms with E-state index in [-0.39, 0.29) is 6.09 Å². The first-order chi connectivity index (χ1) is 13.3. The number of hydrogen-bond donors (Lipinski definition) is 1. The van der Waals surface area contributed by atoms with Crippen LogP contribution in [0.3, 0.4) is 0 Å². The summed E-state index contributed by atoms with van der Waals surface area (Å²) in [6.45, 7) is 8.97. The van der Waals surface area contributed by atoms with E-state index in [2.05, 4.69) is 15.3 Å². The molecule has 28 heavy (non-hydrogen) atoms. The largest absolute Gasteiger partial charge is 0.444 e. The molecular weight excluding hydrogens is 358 g/mol. The van der Waals surface area contributed by atoms with Crippen LogP contribution in [-0.2, 0) is 16.1 Å². The van der Waals surface area contributed by atoms with Gasteiger partial charge in [-0.2, -0.15) is 5.10 Å². The van der Waals surface area contributed by atoms with Crippen molar-refractivity contribution in [3.63, 3.8) is 0 Å². The van der Waals surface area contributed by atoms with Crippen LogP contribution in [0.5, 0.6) is 0 Å². The van der Waals surface area contributed by atoms with Crippen molar-refractivity contribution in [1.29, 1.82) is 0 Å². The quantitative estimate of drug-likeness (QED) is 0.800. The lowest BCUT2D eigenvalue weighted by Crippen LogP contribution is -2.50. The van der Waals surface area contributed by atoms with Gasteiger partial charge in [-0.25, -0.2) is 4.79 Å². The van der Waals surface area contributed by atoms with Crippen molar-refractivity contribution in [3.05, 3.63) is 42.2 Å². The van der Waals surface area contributed by atoms with E-state index in [9.17, 15) is 9.59 Å². The summed E-state index contributed by atoms with van der Waals surface area (Å²) in [5.41, 5.74) is 2.37. The topological polar surface area (TPSA) is 79.7 Å². The maximum atomic E-state index is 12.2. The van der Waals surface area contributed by atoms with E-state index in [1.807, 2.05) is 62.1 Å². The highest BCUT2D eigenvalue weighted by Crippen LogP contribution is 2.18. The van der Waals surface area contributed by atoms with Crippen LogP contribution in [0.15, 0.2) is 36.7 Å². The Bertz CT molecular complexity index is 819. The maximum Gasteiger partial charge on any atom is 0.410 e. The van der Waals surface area contributed by atoms with Crippen molar-refractivity contribution in [3.8, 4) is 0 Å². The number of carbonyl (C=O) groups is 2. The van der Waals surface area contributed by atoms with E-state index in [1.54, 1.807) is 4.90 Å². The molecule has 0 aliphatic carbocycles. The third-order valence-electron chi connectivity index (χ3n) is 4.41. The van der Waals surface area contributed by atoms with Crippen LogP contribution in [0, 0.1) is 0 Å². The van der Waals surface area contributed by atoms with Gasteiger partial charge in [0.1, 0.15) is 5.60 Å². The Hall–Kier alpha value is -3.03. The fourth-order valence-corrected chi connectivity index (χ4v) is 3.09. The van der Waals surface area contributed by atoms with E-state index in [1.165, 1.54) is 0 Å². The molecule has 0 spiro atoms. The lowest BCUT2D eigenvalue weighted by Gasteiger charge is -2.36. The lowest BCUT2D eigenvalue weighted by molar-refractivity contribution is -0.105. The van der Waals surface area contributed by atoms with Gasteiger partial charge in [0, 0.05) is 38.1 Å². The van der Waals surface area contributed by atoms with Crippen molar-refractivity contribution in [1.82, 2.24) is 14.7 Å². The van der Waals surface area contributed by atoms with Gasteiger partial charge in [-0.05, 0) is 38.5 Å². The molecule has 3 rings (SSSR count). The third-order valence-corrected chi connectivity index (χ3v) is 4.41. The molecule has 1 aliphatic rings. The molecule has 2 heterocycles. The summed E-state index contributed by atoms with van der Waals surface area (Å²) in [7, 11) is 0. The van der Waals surface area contributed by atoms with Gasteiger partial charge in [-0.15, -0.1) is 0 Å². The Labute approximate surface area is 165 Å². The molecule has 1 aromatic heterocycles. The molecule has 2 amide bonds. The normalized spacial score (nSPS) is 14.7. The molecular formula is C20H27N5O3. The highest BCUT2D eigenvalue weighted by molar-refractivity contribution is 5.71. The molecule has 1 aromatic carbocycles. The first kappa shape index (κ1) is 19.7. The fraction of sp³-hybridized carbons (Fsp3) is 0.450. The van der Waals surface area contributed by atoms with Crippen LogP contribution in [0.2, 0.25) is 0 Å². The molecule has 8 nitrogen and oxygen atoms in total. The van der Waals surface area contributed by atoms with Crippen LogP contribution in [0.1, 0.15) is 26.3 Å². The van der Waals surface area contributed by atoms with Crippen LogP contribution in [0.4, 0.5) is 16.2 Å². The Morgan fingerprint density at radius 3 is 2.68 bits per heavy atom. The third kappa shape index (κ3) is 5.25. The number of amides is 2. The molecule has 0 atom stereocenters. The van der Waals surface area contributed by atoms with E-state index >= 15 is 0 Å². The second-order valence-corrected chi connectivity index (χ2v) is 7.81. The first-order valence-corrected chi connectivity index (χ1v) is 9.38. The van der Waals surface area contributed by atoms with E-state index < -0.39 is 5.60 Å². The van der Waals surface area contributed by atoms with Gasteiger partial charge in [0.2, 0.25) is 6.41 Å². The molecule has 0 saturated carbocycles. The Kier molecular flexibility index (Phi) is 5.87. The highest BCUT2D eigenvalue weighted by Gasteiger charge is 2.26. The van der Waals surface area contributed by atoms with Crippen molar-refractivity contribution in [2.24, 2.45) is 0 Å². The molecule has 1 N–H and O–H groups in total. The summed E-state index contributed by atoms with van der Waals surface area (Å²) < 4.78 is 7.31. The zero-order valence-corrected chi connectivity index (χ0v) is 16.6. The van der Waals surface area contributed by atoms with E-state index in [0.29, 0.717) is 26.0 Å². The smallest absolute Gasteiger partial charge is 0.410 e. The van der Waals surface area contributed by atoms with Gasteiger partial charge in [-0.1, -0.05) is 12.1 Å². The molecule has 0 unspecified atom stereocenters. The number of ether oxygens (including phenoxy) is 1. The number of benzene rings is 1. The highest BCUT2D eigenvalue weighted by atomic mass is 16.6. The predicted octanol–water partition coefficient (Wildman–Crippen LogP) is 2.56.